The first-order valence-electron chi connectivity index (χ1n) is 7.09. The molecule has 0 radical (unpaired) electrons. The number of hydrogen-bond donors (Lipinski definition) is 2. The number of para-hydroxylation sites is 2. The SMILES string of the molecule is O=C1NCCCC[C@H]1Sc1n[nH]c2nc3ccccc3n12. The van der Waals surface area contributed by atoms with E-state index in [0.717, 1.165) is 42.0 Å². The van der Waals surface area contributed by atoms with Crippen LogP contribution in [0.5, 0.6) is 0 Å². The summed E-state index contributed by atoms with van der Waals surface area (Å²) >= 11 is 1.51. The zero-order valence-corrected chi connectivity index (χ0v) is 12.2. The summed E-state index contributed by atoms with van der Waals surface area (Å²) in [5.41, 5.74) is 1.94. The molecule has 1 aliphatic heterocycles. The third-order valence-corrected chi connectivity index (χ3v) is 4.96. The molecule has 0 spiro atoms. The van der Waals surface area contributed by atoms with Crippen LogP contribution in [0.2, 0.25) is 0 Å². The highest BCUT2D eigenvalue weighted by Gasteiger charge is 2.24. The van der Waals surface area contributed by atoms with Gasteiger partial charge in [0.05, 0.1) is 16.3 Å². The van der Waals surface area contributed by atoms with Crippen LogP contribution < -0.4 is 5.32 Å². The van der Waals surface area contributed by atoms with Gasteiger partial charge in [0.25, 0.3) is 0 Å². The van der Waals surface area contributed by atoms with Crippen LogP contribution in [0.4, 0.5) is 0 Å². The molecule has 1 aliphatic rings. The van der Waals surface area contributed by atoms with Crippen molar-refractivity contribution in [3.8, 4) is 0 Å². The van der Waals surface area contributed by atoms with Crippen LogP contribution in [0, 0.1) is 0 Å². The maximum Gasteiger partial charge on any atom is 0.233 e. The third kappa shape index (κ3) is 2.17. The molecule has 3 aromatic rings. The highest BCUT2D eigenvalue weighted by Crippen LogP contribution is 2.29. The lowest BCUT2D eigenvalue weighted by Crippen LogP contribution is -2.30. The summed E-state index contributed by atoms with van der Waals surface area (Å²) in [6, 6.07) is 7.94. The average Bonchev–Trinajstić information content (AvgIpc) is 2.98. The lowest BCUT2D eigenvalue weighted by molar-refractivity contribution is -0.120. The number of aromatic nitrogens is 4. The summed E-state index contributed by atoms with van der Waals surface area (Å²) in [6.45, 7) is 0.778. The van der Waals surface area contributed by atoms with Crippen molar-refractivity contribution in [2.24, 2.45) is 0 Å². The molecule has 1 amide bonds. The van der Waals surface area contributed by atoms with E-state index >= 15 is 0 Å². The van der Waals surface area contributed by atoms with Crippen LogP contribution in [-0.2, 0) is 4.79 Å². The molecule has 7 heteroatoms. The molecular weight excluding hydrogens is 286 g/mol. The zero-order chi connectivity index (χ0) is 14.2. The van der Waals surface area contributed by atoms with Crippen molar-refractivity contribution in [3.05, 3.63) is 24.3 Å². The summed E-state index contributed by atoms with van der Waals surface area (Å²) in [4.78, 5) is 16.6. The number of amides is 1. The Kier molecular flexibility index (Phi) is 3.07. The molecule has 2 N–H and O–H groups in total. The van der Waals surface area contributed by atoms with Crippen LogP contribution in [0.3, 0.4) is 0 Å². The van der Waals surface area contributed by atoms with Crippen molar-refractivity contribution < 1.29 is 4.79 Å². The third-order valence-electron chi connectivity index (χ3n) is 3.74. The molecule has 1 saturated heterocycles. The van der Waals surface area contributed by atoms with Crippen LogP contribution in [0.15, 0.2) is 29.4 Å². The molecular formula is C14H15N5OS. The fourth-order valence-electron chi connectivity index (χ4n) is 2.67. The van der Waals surface area contributed by atoms with Gasteiger partial charge in [-0.1, -0.05) is 30.3 Å². The lowest BCUT2D eigenvalue weighted by atomic mass is 10.2. The van der Waals surface area contributed by atoms with Gasteiger partial charge in [0, 0.05) is 6.54 Å². The van der Waals surface area contributed by atoms with Crippen LogP contribution in [-0.4, -0.2) is 37.3 Å². The molecule has 0 bridgehead atoms. The minimum Gasteiger partial charge on any atom is -0.355 e. The van der Waals surface area contributed by atoms with Crippen molar-refractivity contribution in [3.63, 3.8) is 0 Å². The number of aromatic amines is 1. The highest BCUT2D eigenvalue weighted by atomic mass is 32.2. The van der Waals surface area contributed by atoms with Gasteiger partial charge in [-0.05, 0) is 25.0 Å². The topological polar surface area (TPSA) is 75.1 Å². The Labute approximate surface area is 125 Å². The summed E-state index contributed by atoms with van der Waals surface area (Å²) in [5.74, 6) is 0.825. The smallest absolute Gasteiger partial charge is 0.233 e. The molecule has 0 saturated carbocycles. The molecule has 0 unspecified atom stereocenters. The molecule has 6 nitrogen and oxygen atoms in total. The number of H-pyrrole nitrogens is 1. The summed E-state index contributed by atoms with van der Waals surface area (Å²) in [6.07, 6.45) is 3.00. The van der Waals surface area contributed by atoms with Gasteiger partial charge in [0.15, 0.2) is 5.16 Å². The monoisotopic (exact) mass is 301 g/mol. The van der Waals surface area contributed by atoms with Gasteiger partial charge in [0.1, 0.15) is 0 Å². The number of carbonyl (C=O) groups excluding carboxylic acids is 1. The van der Waals surface area contributed by atoms with E-state index in [-0.39, 0.29) is 11.2 Å². The van der Waals surface area contributed by atoms with E-state index in [1.807, 2.05) is 28.7 Å². The van der Waals surface area contributed by atoms with Crippen molar-refractivity contribution >= 4 is 34.5 Å². The minimum absolute atomic E-state index is 0.0832. The number of hydrogen-bond acceptors (Lipinski definition) is 4. The second-order valence-electron chi connectivity index (χ2n) is 5.16. The molecule has 3 heterocycles. The first-order valence-corrected chi connectivity index (χ1v) is 7.97. The normalized spacial score (nSPS) is 19.8. The summed E-state index contributed by atoms with van der Waals surface area (Å²) in [7, 11) is 0. The quantitative estimate of drug-likeness (QED) is 0.759. The Bertz CT molecular complexity index is 808. The van der Waals surface area contributed by atoms with Gasteiger partial charge in [-0.3, -0.25) is 9.20 Å². The number of benzene rings is 1. The Morgan fingerprint density at radius 1 is 1.29 bits per heavy atom. The van der Waals surface area contributed by atoms with E-state index < -0.39 is 0 Å². The van der Waals surface area contributed by atoms with Crippen LogP contribution >= 0.6 is 11.8 Å². The van der Waals surface area contributed by atoms with Gasteiger partial charge < -0.3 is 5.32 Å². The van der Waals surface area contributed by atoms with E-state index in [1.54, 1.807) is 0 Å². The molecule has 1 aromatic carbocycles. The van der Waals surface area contributed by atoms with Crippen LogP contribution in [0.25, 0.3) is 16.8 Å². The van der Waals surface area contributed by atoms with Gasteiger partial charge >= 0.3 is 0 Å². The standard InChI is InChI=1S/C14H15N5OS/c20-12-11(7-3-4-8-15-12)21-14-18-17-13-16-9-5-1-2-6-10(9)19(13)14/h1-2,5-6,11H,3-4,7-8H2,(H,15,20)(H,16,17)/t11-/m1/s1. The highest BCUT2D eigenvalue weighted by molar-refractivity contribution is 8.00. The lowest BCUT2D eigenvalue weighted by Gasteiger charge is -2.10. The number of thioether (sulfide) groups is 1. The average molecular weight is 301 g/mol. The Morgan fingerprint density at radius 3 is 3.14 bits per heavy atom. The van der Waals surface area contributed by atoms with Crippen molar-refractivity contribution in [1.82, 2.24) is 24.9 Å². The minimum atomic E-state index is -0.0832. The summed E-state index contributed by atoms with van der Waals surface area (Å²) in [5, 5.41) is 10.9. The maximum atomic E-state index is 12.1. The van der Waals surface area contributed by atoms with E-state index in [1.165, 1.54) is 11.8 Å². The maximum absolute atomic E-state index is 12.1. The molecule has 21 heavy (non-hydrogen) atoms. The molecule has 1 atom stereocenters. The Balaban J connectivity index is 1.74. The Hall–Kier alpha value is -2.02. The van der Waals surface area contributed by atoms with Crippen molar-refractivity contribution in [2.45, 2.75) is 29.7 Å². The summed E-state index contributed by atoms with van der Waals surface area (Å²) < 4.78 is 1.98. The van der Waals surface area contributed by atoms with Gasteiger partial charge in [-0.25, -0.2) is 10.1 Å². The second-order valence-corrected chi connectivity index (χ2v) is 6.33. The fourth-order valence-corrected chi connectivity index (χ4v) is 3.79. The number of fused-ring (bicyclic) bond motifs is 3. The number of imidazole rings is 1. The predicted molar refractivity (Wildman–Crippen MR) is 81.3 cm³/mol. The van der Waals surface area contributed by atoms with Crippen LogP contribution in [0.1, 0.15) is 19.3 Å². The van der Waals surface area contributed by atoms with Crippen molar-refractivity contribution in [2.75, 3.05) is 6.54 Å². The molecule has 2 aromatic heterocycles. The number of nitrogens with zero attached hydrogens (tertiary/aromatic N) is 3. The number of carbonyl (C=O) groups is 1. The zero-order valence-electron chi connectivity index (χ0n) is 11.4. The molecule has 1 fully saturated rings. The van der Waals surface area contributed by atoms with Crippen molar-refractivity contribution in [1.29, 1.82) is 0 Å². The largest absolute Gasteiger partial charge is 0.355 e. The Morgan fingerprint density at radius 2 is 2.19 bits per heavy atom. The first-order chi connectivity index (χ1) is 10.3. The predicted octanol–water partition coefficient (Wildman–Crippen LogP) is 1.97. The van der Waals surface area contributed by atoms with E-state index in [9.17, 15) is 4.79 Å². The van der Waals surface area contributed by atoms with Gasteiger partial charge in [-0.15, -0.1) is 5.10 Å². The van der Waals surface area contributed by atoms with E-state index in [4.69, 9.17) is 0 Å². The number of nitrogens with one attached hydrogen (secondary N) is 2. The second kappa shape index (κ2) is 5.07. The van der Waals surface area contributed by atoms with Gasteiger partial charge in [0.2, 0.25) is 11.7 Å². The molecule has 4 rings (SSSR count). The van der Waals surface area contributed by atoms with E-state index in [2.05, 4.69) is 20.5 Å². The molecule has 0 aliphatic carbocycles. The number of rotatable bonds is 2. The molecule has 108 valence electrons. The first kappa shape index (κ1) is 12.7. The van der Waals surface area contributed by atoms with Gasteiger partial charge in [-0.2, -0.15) is 0 Å². The fraction of sp³-hybridized carbons (Fsp3) is 0.357. The van der Waals surface area contributed by atoms with E-state index in [0.29, 0.717) is 5.78 Å².